The van der Waals surface area contributed by atoms with Crippen LogP contribution in [-0.4, -0.2) is 23.3 Å². The van der Waals surface area contributed by atoms with E-state index >= 15 is 0 Å². The van der Waals surface area contributed by atoms with E-state index in [9.17, 15) is 9.59 Å². The normalized spacial score (nSPS) is 26.9. The molecule has 2 atom stereocenters. The molecule has 84 valence electrons. The van der Waals surface area contributed by atoms with Gasteiger partial charge in [0.2, 0.25) is 11.8 Å². The molecule has 0 aromatic heterocycles. The number of carbonyl (C=O) groups is 2. The van der Waals surface area contributed by atoms with Gasteiger partial charge in [-0.3, -0.25) is 14.5 Å². The van der Waals surface area contributed by atoms with Gasteiger partial charge < -0.3 is 0 Å². The van der Waals surface area contributed by atoms with Crippen molar-refractivity contribution in [3.63, 3.8) is 0 Å². The van der Waals surface area contributed by atoms with E-state index in [0.29, 0.717) is 13.0 Å². The number of imide groups is 1. The average Bonchev–Trinajstić information content (AvgIpc) is 2.21. The highest BCUT2D eigenvalue weighted by atomic mass is 16.2. The fourth-order valence-corrected chi connectivity index (χ4v) is 2.12. The lowest BCUT2D eigenvalue weighted by molar-refractivity contribution is -0.154. The second-order valence-corrected chi connectivity index (χ2v) is 4.20. The molecule has 1 aliphatic heterocycles. The molecule has 2 amide bonds. The minimum atomic E-state index is -0.0488. The molecular weight excluding hydrogens is 190 g/mol. The molecule has 1 fully saturated rings. The third-order valence-electron chi connectivity index (χ3n) is 2.89. The number of carbonyl (C=O) groups excluding carboxylic acids is 2. The van der Waals surface area contributed by atoms with E-state index in [0.717, 1.165) is 12.8 Å². The number of nitrogens with zero attached hydrogens (tertiary/aromatic N) is 1. The summed E-state index contributed by atoms with van der Waals surface area (Å²) >= 11 is 0. The van der Waals surface area contributed by atoms with Gasteiger partial charge in [0.15, 0.2) is 0 Å². The topological polar surface area (TPSA) is 37.4 Å². The van der Waals surface area contributed by atoms with Crippen LogP contribution >= 0.6 is 0 Å². The van der Waals surface area contributed by atoms with Crippen molar-refractivity contribution in [2.75, 3.05) is 6.54 Å². The molecule has 0 radical (unpaired) electrons. The van der Waals surface area contributed by atoms with E-state index in [1.165, 1.54) is 4.90 Å². The summed E-state index contributed by atoms with van der Waals surface area (Å²) in [5.41, 5.74) is 0. The van der Waals surface area contributed by atoms with Crippen LogP contribution in [0.25, 0.3) is 0 Å². The first-order valence-electron chi connectivity index (χ1n) is 5.57. The second kappa shape index (κ2) is 5.10. The van der Waals surface area contributed by atoms with Crippen LogP contribution in [0.1, 0.15) is 33.1 Å². The van der Waals surface area contributed by atoms with Crippen molar-refractivity contribution in [3.05, 3.63) is 12.7 Å². The molecule has 1 aliphatic rings. The third-order valence-corrected chi connectivity index (χ3v) is 2.89. The smallest absolute Gasteiger partial charge is 0.232 e. The minimum Gasteiger partial charge on any atom is -0.278 e. The molecule has 1 saturated heterocycles. The van der Waals surface area contributed by atoms with Gasteiger partial charge >= 0.3 is 0 Å². The Morgan fingerprint density at radius 2 is 2.13 bits per heavy atom. The van der Waals surface area contributed by atoms with Crippen LogP contribution in [0.5, 0.6) is 0 Å². The lowest BCUT2D eigenvalue weighted by Gasteiger charge is -2.33. The summed E-state index contributed by atoms with van der Waals surface area (Å²) < 4.78 is 0. The van der Waals surface area contributed by atoms with Gasteiger partial charge in [0.05, 0.1) is 0 Å². The van der Waals surface area contributed by atoms with Crippen molar-refractivity contribution in [2.45, 2.75) is 33.1 Å². The Hall–Kier alpha value is -1.12. The monoisotopic (exact) mass is 209 g/mol. The first kappa shape index (κ1) is 12.0. The van der Waals surface area contributed by atoms with Crippen molar-refractivity contribution in [2.24, 2.45) is 11.8 Å². The van der Waals surface area contributed by atoms with Gasteiger partial charge in [0.1, 0.15) is 0 Å². The molecule has 0 saturated carbocycles. The number of likely N-dealkylation sites (tertiary alicyclic amines) is 1. The molecule has 15 heavy (non-hydrogen) atoms. The molecule has 0 unspecified atom stereocenters. The molecule has 1 heterocycles. The Kier molecular flexibility index (Phi) is 4.06. The maximum Gasteiger partial charge on any atom is 0.232 e. The zero-order valence-electron chi connectivity index (χ0n) is 9.53. The van der Waals surface area contributed by atoms with Crippen molar-refractivity contribution in [3.8, 4) is 0 Å². The predicted molar refractivity (Wildman–Crippen MR) is 59.1 cm³/mol. The number of hydrogen-bond acceptors (Lipinski definition) is 2. The molecule has 0 aromatic carbocycles. The predicted octanol–water partition coefficient (Wildman–Crippen LogP) is 1.98. The summed E-state index contributed by atoms with van der Waals surface area (Å²) in [6.07, 6.45) is 4.18. The lowest BCUT2D eigenvalue weighted by Crippen LogP contribution is -2.48. The minimum absolute atomic E-state index is 0.0140. The van der Waals surface area contributed by atoms with Crippen LogP contribution in [0, 0.1) is 11.8 Å². The van der Waals surface area contributed by atoms with Gasteiger partial charge in [-0.05, 0) is 12.8 Å². The maximum atomic E-state index is 11.9. The summed E-state index contributed by atoms with van der Waals surface area (Å²) in [5, 5.41) is 0. The van der Waals surface area contributed by atoms with Crippen molar-refractivity contribution >= 4 is 11.8 Å². The van der Waals surface area contributed by atoms with Crippen LogP contribution in [-0.2, 0) is 9.59 Å². The van der Waals surface area contributed by atoms with E-state index in [4.69, 9.17) is 0 Å². The molecule has 0 spiro atoms. The molecule has 0 aromatic rings. The zero-order chi connectivity index (χ0) is 11.4. The fourth-order valence-electron chi connectivity index (χ4n) is 2.12. The summed E-state index contributed by atoms with van der Waals surface area (Å²) in [5.74, 6) is -0.0612. The zero-order valence-corrected chi connectivity index (χ0v) is 9.53. The quantitative estimate of drug-likeness (QED) is 0.524. The highest BCUT2D eigenvalue weighted by molar-refractivity contribution is 5.99. The molecule has 0 aliphatic carbocycles. The van der Waals surface area contributed by atoms with E-state index in [2.05, 4.69) is 13.5 Å². The van der Waals surface area contributed by atoms with E-state index in [-0.39, 0.29) is 23.7 Å². The van der Waals surface area contributed by atoms with Gasteiger partial charge in [-0.15, -0.1) is 6.58 Å². The van der Waals surface area contributed by atoms with Gasteiger partial charge in [-0.2, -0.15) is 0 Å². The van der Waals surface area contributed by atoms with Gasteiger partial charge in [-0.25, -0.2) is 0 Å². The summed E-state index contributed by atoms with van der Waals surface area (Å²) in [4.78, 5) is 25.0. The van der Waals surface area contributed by atoms with E-state index < -0.39 is 0 Å². The Bertz CT molecular complexity index is 273. The highest BCUT2D eigenvalue weighted by Crippen LogP contribution is 2.27. The maximum absolute atomic E-state index is 11.9. The Balaban J connectivity index is 2.78. The number of rotatable bonds is 4. The van der Waals surface area contributed by atoms with Crippen LogP contribution in [0.4, 0.5) is 0 Å². The third kappa shape index (κ3) is 2.46. The fraction of sp³-hybridized carbons (Fsp3) is 0.667. The van der Waals surface area contributed by atoms with Gasteiger partial charge in [-0.1, -0.05) is 26.3 Å². The summed E-state index contributed by atoms with van der Waals surface area (Å²) in [7, 11) is 0. The van der Waals surface area contributed by atoms with Crippen LogP contribution in [0.2, 0.25) is 0 Å². The molecule has 0 N–H and O–H groups in total. The Morgan fingerprint density at radius 3 is 2.67 bits per heavy atom. The standard InChI is InChI=1S/C12H19NO2/c1-4-6-10-8-9(3)11(14)13(7-5-2)12(10)15/h5,9-10H,2,4,6-8H2,1,3H3/t9-,10+/m0/s1. The molecule has 3 nitrogen and oxygen atoms in total. The number of piperidine rings is 1. The largest absolute Gasteiger partial charge is 0.278 e. The lowest BCUT2D eigenvalue weighted by atomic mass is 9.86. The molecule has 1 rings (SSSR count). The van der Waals surface area contributed by atoms with Gasteiger partial charge in [0, 0.05) is 18.4 Å². The first-order chi connectivity index (χ1) is 7.11. The highest BCUT2D eigenvalue weighted by Gasteiger charge is 2.37. The number of amides is 2. The van der Waals surface area contributed by atoms with E-state index in [1.54, 1.807) is 6.08 Å². The van der Waals surface area contributed by atoms with Gasteiger partial charge in [0.25, 0.3) is 0 Å². The van der Waals surface area contributed by atoms with Crippen molar-refractivity contribution < 1.29 is 9.59 Å². The Morgan fingerprint density at radius 1 is 1.47 bits per heavy atom. The van der Waals surface area contributed by atoms with E-state index in [1.807, 2.05) is 6.92 Å². The molecule has 3 heteroatoms. The number of hydrogen-bond donors (Lipinski definition) is 0. The van der Waals surface area contributed by atoms with Crippen molar-refractivity contribution in [1.82, 2.24) is 4.90 Å². The second-order valence-electron chi connectivity index (χ2n) is 4.20. The summed E-state index contributed by atoms with van der Waals surface area (Å²) in [6.45, 7) is 7.88. The van der Waals surface area contributed by atoms with Crippen LogP contribution in [0.15, 0.2) is 12.7 Å². The first-order valence-corrected chi connectivity index (χ1v) is 5.57. The average molecular weight is 209 g/mol. The SMILES string of the molecule is C=CCN1C(=O)[C@H](CCC)C[C@H](C)C1=O. The summed E-state index contributed by atoms with van der Waals surface area (Å²) in [6, 6.07) is 0. The van der Waals surface area contributed by atoms with Crippen LogP contribution < -0.4 is 0 Å². The molecule has 0 bridgehead atoms. The van der Waals surface area contributed by atoms with Crippen LogP contribution in [0.3, 0.4) is 0 Å². The van der Waals surface area contributed by atoms with Crippen molar-refractivity contribution in [1.29, 1.82) is 0 Å². The molecular formula is C12H19NO2. The Labute approximate surface area is 91.1 Å².